The summed E-state index contributed by atoms with van der Waals surface area (Å²) < 4.78 is 59.4. The second-order valence-electron chi connectivity index (χ2n) is 9.52. The smallest absolute Gasteiger partial charge is 0.406 e. The third-order valence-corrected chi connectivity index (χ3v) is 7.01. The van der Waals surface area contributed by atoms with Crippen molar-refractivity contribution in [3.63, 3.8) is 0 Å². The third-order valence-electron chi connectivity index (χ3n) is 6.51. The number of likely N-dealkylation sites (tertiary alicyclic amines) is 1. The molecule has 12 heteroatoms. The van der Waals surface area contributed by atoms with Crippen molar-refractivity contribution in [2.45, 2.75) is 69.7 Å². The van der Waals surface area contributed by atoms with Crippen LogP contribution in [-0.4, -0.2) is 66.5 Å². The van der Waals surface area contributed by atoms with E-state index in [1.54, 1.807) is 6.07 Å². The van der Waals surface area contributed by atoms with Gasteiger partial charge in [0.1, 0.15) is 11.9 Å². The number of ether oxygens (including phenoxy) is 1. The quantitative estimate of drug-likeness (QED) is 0.438. The summed E-state index contributed by atoms with van der Waals surface area (Å²) in [6, 6.07) is 13.1. The molecule has 2 aliphatic rings. The number of nitrogens with one attached hydrogen (secondary N) is 1. The van der Waals surface area contributed by atoms with Crippen LogP contribution in [0.2, 0.25) is 0 Å². The zero-order chi connectivity index (χ0) is 28.4. The molecule has 3 N–H and O–H groups in total. The molecule has 1 amide bonds. The van der Waals surface area contributed by atoms with Crippen LogP contribution in [0.25, 0.3) is 0 Å². The number of hydrogen-bond acceptors (Lipinski definition) is 7. The normalized spacial score (nSPS) is 18.9. The highest BCUT2D eigenvalue weighted by molar-refractivity contribution is 7.71. The number of aliphatic hydroxyl groups excluding tert-OH is 2. The molecule has 8 nitrogen and oxygen atoms in total. The van der Waals surface area contributed by atoms with E-state index in [2.05, 4.69) is 27.1 Å². The number of aliphatic hydroxyl groups is 2. The first kappa shape index (κ1) is 30.6. The van der Waals surface area contributed by atoms with Crippen molar-refractivity contribution in [3.8, 4) is 5.75 Å². The standard InChI is InChI=1S/C20H28N2O5S.C7H5F3O/c23-18(13-28(26)27)19(24)20(25)21-17-6-4-5-15-11-14(7-8-16(15)17)12-22-9-2-1-3-10-22;8-7(9,10)11-6-4-2-1-3-5-6/h7-8,11,13,17-19,23-24H,1-6,9-10,12H2,(H,21,25);1-5H/t17-,18-,19-;/m1./s1. The number of carbonyl (C=O) groups is 1. The number of halogens is 3. The van der Waals surface area contributed by atoms with E-state index in [-0.39, 0.29) is 11.8 Å². The summed E-state index contributed by atoms with van der Waals surface area (Å²) in [4.78, 5) is 14.7. The molecule has 1 aliphatic heterocycles. The van der Waals surface area contributed by atoms with Crippen molar-refractivity contribution in [1.82, 2.24) is 10.2 Å². The van der Waals surface area contributed by atoms with E-state index in [1.165, 1.54) is 54.7 Å². The van der Waals surface area contributed by atoms with Crippen LogP contribution in [0, 0.1) is 0 Å². The van der Waals surface area contributed by atoms with Gasteiger partial charge in [-0.3, -0.25) is 9.69 Å². The van der Waals surface area contributed by atoms with Crippen LogP contribution in [-0.2, 0) is 28.1 Å². The molecule has 1 heterocycles. The largest absolute Gasteiger partial charge is 0.573 e. The number of amides is 1. The summed E-state index contributed by atoms with van der Waals surface area (Å²) in [7, 11) is -2.65. The van der Waals surface area contributed by atoms with Crippen molar-refractivity contribution < 1.29 is 41.3 Å². The summed E-state index contributed by atoms with van der Waals surface area (Å²) in [6.45, 7) is 3.22. The molecule has 0 radical (unpaired) electrons. The van der Waals surface area contributed by atoms with Crippen molar-refractivity contribution in [1.29, 1.82) is 0 Å². The Morgan fingerprint density at radius 3 is 2.41 bits per heavy atom. The molecule has 4 rings (SSSR count). The second-order valence-corrected chi connectivity index (χ2v) is 10.3. The lowest BCUT2D eigenvalue weighted by molar-refractivity contribution is -0.274. The van der Waals surface area contributed by atoms with Gasteiger partial charge in [-0.1, -0.05) is 42.8 Å². The summed E-state index contributed by atoms with van der Waals surface area (Å²) in [6.07, 6.45) is -1.74. The lowest BCUT2D eigenvalue weighted by Gasteiger charge is -2.30. The second kappa shape index (κ2) is 14.5. The number of piperidine rings is 1. The van der Waals surface area contributed by atoms with Gasteiger partial charge >= 0.3 is 6.36 Å². The van der Waals surface area contributed by atoms with Crippen molar-refractivity contribution in [2.75, 3.05) is 13.1 Å². The van der Waals surface area contributed by atoms with Gasteiger partial charge in [-0.25, -0.2) is 0 Å². The summed E-state index contributed by atoms with van der Waals surface area (Å²) in [5.41, 5.74) is 3.50. The van der Waals surface area contributed by atoms with Crippen LogP contribution >= 0.6 is 0 Å². The average molecular weight is 571 g/mol. The number of para-hydroxylation sites is 1. The van der Waals surface area contributed by atoms with Gasteiger partial charge in [0.05, 0.1) is 11.4 Å². The highest BCUT2D eigenvalue weighted by Gasteiger charge is 2.31. The lowest BCUT2D eigenvalue weighted by atomic mass is 9.86. The van der Waals surface area contributed by atoms with Crippen LogP contribution in [0.1, 0.15) is 54.8 Å². The Labute approximate surface area is 226 Å². The molecule has 0 saturated carbocycles. The monoisotopic (exact) mass is 570 g/mol. The molecule has 0 unspecified atom stereocenters. The number of aryl methyl sites for hydroxylation is 1. The molecule has 1 saturated heterocycles. The predicted octanol–water partition coefficient (Wildman–Crippen LogP) is 3.15. The van der Waals surface area contributed by atoms with Gasteiger partial charge in [0.25, 0.3) is 5.91 Å². The van der Waals surface area contributed by atoms with E-state index in [0.29, 0.717) is 5.37 Å². The van der Waals surface area contributed by atoms with Gasteiger partial charge < -0.3 is 20.3 Å². The third kappa shape index (κ3) is 10.3. The number of nitrogens with zero attached hydrogens (tertiary/aromatic N) is 1. The van der Waals surface area contributed by atoms with Gasteiger partial charge in [0, 0.05) is 6.54 Å². The van der Waals surface area contributed by atoms with E-state index in [1.807, 2.05) is 6.07 Å². The fourth-order valence-electron chi connectivity index (χ4n) is 4.71. The van der Waals surface area contributed by atoms with Gasteiger partial charge in [-0.15, -0.1) is 13.2 Å². The molecule has 1 aliphatic carbocycles. The Hall–Kier alpha value is -2.93. The maximum Gasteiger partial charge on any atom is 0.573 e. The van der Waals surface area contributed by atoms with Crippen molar-refractivity contribution in [3.05, 3.63) is 65.2 Å². The highest BCUT2D eigenvalue weighted by Crippen LogP contribution is 2.31. The first-order valence-electron chi connectivity index (χ1n) is 12.8. The van der Waals surface area contributed by atoms with Gasteiger partial charge in [-0.2, -0.15) is 8.42 Å². The first-order valence-corrected chi connectivity index (χ1v) is 13.9. The van der Waals surface area contributed by atoms with E-state index in [9.17, 15) is 36.6 Å². The predicted molar refractivity (Wildman–Crippen MR) is 140 cm³/mol. The van der Waals surface area contributed by atoms with Gasteiger partial charge in [0.15, 0.2) is 6.10 Å². The molecular weight excluding hydrogens is 537 g/mol. The number of benzene rings is 2. The number of alkyl halides is 3. The Bertz CT molecular complexity index is 1210. The van der Waals surface area contributed by atoms with E-state index >= 15 is 0 Å². The van der Waals surface area contributed by atoms with Crippen LogP contribution < -0.4 is 10.1 Å². The number of fused-ring (bicyclic) bond motifs is 1. The molecule has 214 valence electrons. The molecule has 0 bridgehead atoms. The topological polar surface area (TPSA) is 116 Å². The number of rotatable bonds is 7. The number of carbonyl (C=O) groups excluding carboxylic acids is 1. The summed E-state index contributed by atoms with van der Waals surface area (Å²) in [5.74, 6) is -0.968. The fraction of sp³-hybridized carbons (Fsp3) is 0.481. The molecule has 0 aromatic heterocycles. The minimum Gasteiger partial charge on any atom is -0.406 e. The summed E-state index contributed by atoms with van der Waals surface area (Å²) >= 11 is 0. The maximum atomic E-state index is 12.2. The summed E-state index contributed by atoms with van der Waals surface area (Å²) in [5, 5.41) is 22.7. The Kier molecular flexibility index (Phi) is 11.3. The Morgan fingerprint density at radius 2 is 1.77 bits per heavy atom. The van der Waals surface area contributed by atoms with Crippen LogP contribution in [0.3, 0.4) is 0 Å². The van der Waals surface area contributed by atoms with E-state index in [4.69, 9.17) is 0 Å². The van der Waals surface area contributed by atoms with Crippen LogP contribution in [0.5, 0.6) is 5.75 Å². The molecule has 3 atom stereocenters. The Balaban J connectivity index is 0.000000320. The zero-order valence-corrected chi connectivity index (χ0v) is 22.1. The molecule has 39 heavy (non-hydrogen) atoms. The SMILES string of the molecule is FC(F)(F)Oc1ccccc1.O=C(N[C@@H]1CCCc2cc(CN3CCCCC3)ccc21)[C@H](O)[C@H](O)C=S(=O)=O. The van der Waals surface area contributed by atoms with E-state index in [0.717, 1.165) is 44.5 Å². The average Bonchev–Trinajstić information content (AvgIpc) is 2.88. The molecule has 2 aromatic rings. The number of hydrogen-bond donors (Lipinski definition) is 3. The van der Waals surface area contributed by atoms with Crippen LogP contribution in [0.15, 0.2) is 48.5 Å². The van der Waals surface area contributed by atoms with Crippen molar-refractivity contribution >= 4 is 21.6 Å². The Morgan fingerprint density at radius 1 is 1.08 bits per heavy atom. The maximum absolute atomic E-state index is 12.2. The molecule has 2 aromatic carbocycles. The molecule has 1 fully saturated rings. The van der Waals surface area contributed by atoms with Gasteiger partial charge in [0.2, 0.25) is 10.3 Å². The fourth-order valence-corrected chi connectivity index (χ4v) is 5.09. The van der Waals surface area contributed by atoms with Crippen LogP contribution in [0.4, 0.5) is 13.2 Å². The minimum atomic E-state index is -4.60. The lowest BCUT2D eigenvalue weighted by Crippen LogP contribution is -2.44. The van der Waals surface area contributed by atoms with E-state index < -0.39 is 34.8 Å². The van der Waals surface area contributed by atoms with Gasteiger partial charge in [-0.05, 0) is 74.0 Å². The first-order chi connectivity index (χ1) is 18.5. The zero-order valence-electron chi connectivity index (χ0n) is 21.3. The van der Waals surface area contributed by atoms with Crippen molar-refractivity contribution in [2.24, 2.45) is 0 Å². The minimum absolute atomic E-state index is 0.194. The highest BCUT2D eigenvalue weighted by atomic mass is 32.2. The molecule has 0 spiro atoms. The molecular formula is C27H33F3N2O6S.